The van der Waals surface area contributed by atoms with Crippen molar-refractivity contribution in [1.82, 2.24) is 0 Å². The number of aromatic carboxylic acids is 1. The molecule has 0 bridgehead atoms. The van der Waals surface area contributed by atoms with Gasteiger partial charge in [-0.15, -0.1) is 0 Å². The molecule has 6 heteroatoms. The van der Waals surface area contributed by atoms with Crippen LogP contribution in [0.1, 0.15) is 22.3 Å². The number of carbonyl (C=O) groups is 1. The minimum Gasteiger partial charge on any atom is -0.478 e. The molecule has 0 aliphatic heterocycles. The van der Waals surface area contributed by atoms with Crippen LogP contribution in [0.15, 0.2) is 12.1 Å². The Kier molecular flexibility index (Phi) is 3.00. The van der Waals surface area contributed by atoms with E-state index in [1.54, 1.807) is 0 Å². The maximum Gasteiger partial charge on any atom is 0.337 e. The van der Waals surface area contributed by atoms with Gasteiger partial charge in [0.1, 0.15) is 0 Å². The van der Waals surface area contributed by atoms with Gasteiger partial charge in [-0.2, -0.15) is 0 Å². The van der Waals surface area contributed by atoms with E-state index < -0.39 is 34.4 Å². The summed E-state index contributed by atoms with van der Waals surface area (Å²) in [5, 5.41) is 7.68. The molecule has 0 aromatic heterocycles. The summed E-state index contributed by atoms with van der Waals surface area (Å²) in [7, 11) is 0. The van der Waals surface area contributed by atoms with Crippen LogP contribution in [0, 0.1) is 5.82 Å². The quantitative estimate of drug-likeness (QED) is 0.838. The molecule has 0 saturated carbocycles. The topological polar surface area (TPSA) is 37.3 Å². The van der Waals surface area contributed by atoms with Crippen molar-refractivity contribution >= 4 is 17.6 Å². The molecule has 1 aromatic carbocycles. The maximum absolute atomic E-state index is 13.0. The number of alkyl halides is 2. The number of hydrogen-bond acceptors (Lipinski definition) is 1. The van der Waals surface area contributed by atoms with Crippen LogP contribution >= 0.6 is 11.6 Å². The van der Waals surface area contributed by atoms with Crippen molar-refractivity contribution in [3.8, 4) is 0 Å². The van der Waals surface area contributed by atoms with Crippen molar-refractivity contribution in [2.75, 3.05) is 0 Å². The first-order valence-electron chi connectivity index (χ1n) is 3.44. The molecule has 0 radical (unpaired) electrons. The molecule has 0 saturated heterocycles. The Bertz CT molecular complexity index is 379. The van der Waals surface area contributed by atoms with Crippen molar-refractivity contribution in [1.29, 1.82) is 0 Å². The first-order valence-corrected chi connectivity index (χ1v) is 3.82. The van der Waals surface area contributed by atoms with Gasteiger partial charge in [-0.25, -0.2) is 18.0 Å². The fraction of sp³-hybridized carbons (Fsp3) is 0.125. The lowest BCUT2D eigenvalue weighted by atomic mass is 10.1. The van der Waals surface area contributed by atoms with Crippen LogP contribution in [-0.2, 0) is 0 Å². The molecular formula is C8H4ClF3O2. The fourth-order valence-corrected chi connectivity index (χ4v) is 1.15. The van der Waals surface area contributed by atoms with Gasteiger partial charge in [0.15, 0.2) is 5.82 Å². The number of carboxylic acids is 1. The van der Waals surface area contributed by atoms with E-state index in [0.717, 1.165) is 6.07 Å². The Hall–Kier alpha value is -1.23. The monoisotopic (exact) mass is 224 g/mol. The Morgan fingerprint density at radius 2 is 2.00 bits per heavy atom. The van der Waals surface area contributed by atoms with E-state index in [2.05, 4.69) is 0 Å². The minimum absolute atomic E-state index is 0.534. The average molecular weight is 225 g/mol. The number of carboxylic acid groups (broad SMARTS) is 1. The van der Waals surface area contributed by atoms with Gasteiger partial charge in [-0.05, 0) is 12.1 Å². The zero-order chi connectivity index (χ0) is 10.9. The van der Waals surface area contributed by atoms with Crippen LogP contribution in [0.4, 0.5) is 13.2 Å². The zero-order valence-electron chi connectivity index (χ0n) is 6.60. The predicted molar refractivity (Wildman–Crippen MR) is 43.3 cm³/mol. The lowest BCUT2D eigenvalue weighted by Gasteiger charge is -2.05. The highest BCUT2D eigenvalue weighted by Gasteiger charge is 2.20. The summed E-state index contributed by atoms with van der Waals surface area (Å²) in [6, 6.07) is 1.55. The first-order chi connectivity index (χ1) is 6.45. The molecule has 0 heterocycles. The molecule has 2 nitrogen and oxygen atoms in total. The van der Waals surface area contributed by atoms with Gasteiger partial charge in [0.05, 0.1) is 16.1 Å². The van der Waals surface area contributed by atoms with Crippen LogP contribution in [0.25, 0.3) is 0 Å². The molecule has 0 aliphatic carbocycles. The second-order valence-electron chi connectivity index (χ2n) is 2.44. The molecule has 14 heavy (non-hydrogen) atoms. The zero-order valence-corrected chi connectivity index (χ0v) is 7.36. The minimum atomic E-state index is -3.02. The van der Waals surface area contributed by atoms with E-state index in [9.17, 15) is 18.0 Å². The summed E-state index contributed by atoms with van der Waals surface area (Å²) in [5.41, 5.74) is -1.44. The lowest BCUT2D eigenvalue weighted by molar-refractivity contribution is 0.0696. The van der Waals surface area contributed by atoms with Gasteiger partial charge in [0, 0.05) is 0 Å². The van der Waals surface area contributed by atoms with E-state index in [1.807, 2.05) is 0 Å². The summed E-state index contributed by atoms with van der Waals surface area (Å²) in [6.45, 7) is 0. The smallest absolute Gasteiger partial charge is 0.337 e. The summed E-state index contributed by atoms with van der Waals surface area (Å²) in [5.74, 6) is -2.85. The molecule has 1 aromatic rings. The van der Waals surface area contributed by atoms with Crippen molar-refractivity contribution in [2.45, 2.75) is 6.43 Å². The summed E-state index contributed by atoms with van der Waals surface area (Å²) < 4.78 is 37.2. The Balaban J connectivity index is 3.33. The largest absolute Gasteiger partial charge is 0.478 e. The Labute approximate surface area is 81.9 Å². The predicted octanol–water partition coefficient (Wildman–Crippen LogP) is 3.11. The lowest BCUT2D eigenvalue weighted by Crippen LogP contribution is -2.02. The van der Waals surface area contributed by atoms with Gasteiger partial charge in [-0.1, -0.05) is 11.6 Å². The fourth-order valence-electron chi connectivity index (χ4n) is 0.898. The summed E-state index contributed by atoms with van der Waals surface area (Å²) in [6.07, 6.45) is -3.02. The molecular weight excluding hydrogens is 221 g/mol. The average Bonchev–Trinajstić information content (AvgIpc) is 2.08. The standard InChI is InChI=1S/C8H4ClF3O2/c9-5-3(8(13)14)1-2-4(6(5)10)7(11)12/h1-2,7H,(H,13,14). The molecule has 0 amide bonds. The molecule has 1 rings (SSSR count). The molecule has 0 spiro atoms. The SMILES string of the molecule is O=C(O)c1ccc(C(F)F)c(F)c1Cl. The highest BCUT2D eigenvalue weighted by atomic mass is 35.5. The second kappa shape index (κ2) is 3.88. The molecule has 76 valence electrons. The van der Waals surface area contributed by atoms with Gasteiger partial charge < -0.3 is 5.11 Å². The first kappa shape index (κ1) is 10.8. The van der Waals surface area contributed by atoms with Crippen molar-refractivity contribution < 1.29 is 23.1 Å². The summed E-state index contributed by atoms with van der Waals surface area (Å²) in [4.78, 5) is 10.4. The molecule has 0 unspecified atom stereocenters. The van der Waals surface area contributed by atoms with Crippen LogP contribution in [0.3, 0.4) is 0 Å². The Morgan fingerprint density at radius 3 is 2.43 bits per heavy atom. The van der Waals surface area contributed by atoms with Crippen LogP contribution in [-0.4, -0.2) is 11.1 Å². The van der Waals surface area contributed by atoms with E-state index >= 15 is 0 Å². The van der Waals surface area contributed by atoms with E-state index in [4.69, 9.17) is 16.7 Å². The third kappa shape index (κ3) is 1.82. The molecule has 0 atom stereocenters. The third-order valence-electron chi connectivity index (χ3n) is 1.58. The van der Waals surface area contributed by atoms with Gasteiger partial charge in [-0.3, -0.25) is 0 Å². The number of halogens is 4. The van der Waals surface area contributed by atoms with E-state index in [0.29, 0.717) is 6.07 Å². The van der Waals surface area contributed by atoms with Crippen molar-refractivity contribution in [3.63, 3.8) is 0 Å². The second-order valence-corrected chi connectivity index (χ2v) is 2.81. The molecule has 0 aliphatic rings. The summed E-state index contributed by atoms with van der Waals surface area (Å²) >= 11 is 5.25. The van der Waals surface area contributed by atoms with Crippen molar-refractivity contribution in [2.24, 2.45) is 0 Å². The maximum atomic E-state index is 13.0. The molecule has 0 fully saturated rings. The van der Waals surface area contributed by atoms with E-state index in [1.165, 1.54) is 0 Å². The number of benzene rings is 1. The Morgan fingerprint density at radius 1 is 1.43 bits per heavy atom. The van der Waals surface area contributed by atoms with Crippen LogP contribution in [0.2, 0.25) is 5.02 Å². The normalized spacial score (nSPS) is 10.6. The third-order valence-corrected chi connectivity index (χ3v) is 1.95. The highest BCUT2D eigenvalue weighted by molar-refractivity contribution is 6.33. The van der Waals surface area contributed by atoms with Gasteiger partial charge in [0.25, 0.3) is 6.43 Å². The molecule has 1 N–H and O–H groups in total. The van der Waals surface area contributed by atoms with Crippen molar-refractivity contribution in [3.05, 3.63) is 34.1 Å². The van der Waals surface area contributed by atoms with Gasteiger partial charge in [0.2, 0.25) is 0 Å². The number of rotatable bonds is 2. The highest BCUT2D eigenvalue weighted by Crippen LogP contribution is 2.29. The van der Waals surface area contributed by atoms with Crippen LogP contribution < -0.4 is 0 Å². The van der Waals surface area contributed by atoms with Crippen LogP contribution in [0.5, 0.6) is 0 Å². The van der Waals surface area contributed by atoms with E-state index in [-0.39, 0.29) is 0 Å². The van der Waals surface area contributed by atoms with Gasteiger partial charge >= 0.3 is 5.97 Å². The number of hydrogen-bond donors (Lipinski definition) is 1.